The lowest BCUT2D eigenvalue weighted by Crippen LogP contribution is -2.26. The molecule has 7 nitrogen and oxygen atoms in total. The van der Waals surface area contributed by atoms with Gasteiger partial charge in [-0.3, -0.25) is 4.98 Å². The van der Waals surface area contributed by atoms with Crippen molar-refractivity contribution in [1.82, 2.24) is 19.9 Å². The van der Waals surface area contributed by atoms with Crippen molar-refractivity contribution in [1.29, 1.82) is 0 Å². The summed E-state index contributed by atoms with van der Waals surface area (Å²) >= 11 is 0. The van der Waals surface area contributed by atoms with E-state index < -0.39 is 17.3 Å². The minimum atomic E-state index is -4.56. The molecule has 0 fully saturated rings. The molecule has 3 rings (SSSR count). The second-order valence-corrected chi connectivity index (χ2v) is 7.27. The normalized spacial score (nSPS) is 11.6. The van der Waals surface area contributed by atoms with E-state index in [-0.39, 0.29) is 18.4 Å². The van der Waals surface area contributed by atoms with Gasteiger partial charge >= 0.3 is 6.18 Å². The third-order valence-corrected chi connectivity index (χ3v) is 4.71. The second-order valence-electron chi connectivity index (χ2n) is 7.27. The average Bonchev–Trinajstić information content (AvgIpc) is 2.78. The first kappa shape index (κ1) is 22.9. The van der Waals surface area contributed by atoms with E-state index in [0.717, 1.165) is 0 Å². The fraction of sp³-hybridized carbons (Fsp3) is 0.227. The minimum absolute atomic E-state index is 0.121. The summed E-state index contributed by atoms with van der Waals surface area (Å²) in [7, 11) is 0. The van der Waals surface area contributed by atoms with Crippen LogP contribution in [0.3, 0.4) is 0 Å². The van der Waals surface area contributed by atoms with Gasteiger partial charge in [-0.2, -0.15) is 13.2 Å². The molecule has 10 heteroatoms. The monoisotopic (exact) mass is 442 g/mol. The molecule has 0 saturated heterocycles. The maximum atomic E-state index is 12.9. The van der Waals surface area contributed by atoms with Gasteiger partial charge in [-0.05, 0) is 32.0 Å². The third kappa shape index (κ3) is 5.11. The van der Waals surface area contributed by atoms with Crippen LogP contribution in [0.25, 0.3) is 11.3 Å². The van der Waals surface area contributed by atoms with Gasteiger partial charge in [-0.15, -0.1) is 5.73 Å². The molecule has 0 spiro atoms. The molecule has 0 aliphatic heterocycles. The van der Waals surface area contributed by atoms with Crippen molar-refractivity contribution in [3.63, 3.8) is 0 Å². The number of hydrogen-bond acceptors (Lipinski definition) is 7. The highest BCUT2D eigenvalue weighted by atomic mass is 19.4. The van der Waals surface area contributed by atoms with E-state index in [0.29, 0.717) is 28.8 Å². The molecule has 0 bridgehead atoms. The van der Waals surface area contributed by atoms with Crippen molar-refractivity contribution >= 4 is 11.6 Å². The minimum Gasteiger partial charge on any atom is -0.376 e. The van der Waals surface area contributed by atoms with Crippen molar-refractivity contribution < 1.29 is 18.3 Å². The Kier molecular flexibility index (Phi) is 6.57. The van der Waals surface area contributed by atoms with E-state index in [1.54, 1.807) is 36.5 Å². The third-order valence-electron chi connectivity index (χ3n) is 4.71. The zero-order valence-electron chi connectivity index (χ0n) is 17.4. The van der Waals surface area contributed by atoms with E-state index in [1.165, 1.54) is 6.20 Å². The number of aliphatic hydroxyl groups excluding tert-OH is 1. The molecule has 3 N–H and O–H groups in total. The van der Waals surface area contributed by atoms with Gasteiger partial charge in [-0.1, -0.05) is 18.7 Å². The van der Waals surface area contributed by atoms with Crippen molar-refractivity contribution in [3.05, 3.63) is 78.3 Å². The summed E-state index contributed by atoms with van der Waals surface area (Å²) in [5.74, 6) is 0.285. The molecule has 0 atom stereocenters. The van der Waals surface area contributed by atoms with Crippen LogP contribution in [0.1, 0.15) is 25.2 Å². The highest BCUT2D eigenvalue weighted by Crippen LogP contribution is 2.32. The number of aliphatic hydroxyl groups is 1. The predicted octanol–water partition coefficient (Wildman–Crippen LogP) is 4.37. The van der Waals surface area contributed by atoms with Crippen molar-refractivity contribution in [2.75, 3.05) is 17.4 Å². The fourth-order valence-corrected chi connectivity index (χ4v) is 2.92. The van der Waals surface area contributed by atoms with Gasteiger partial charge in [0, 0.05) is 17.4 Å². The van der Waals surface area contributed by atoms with Crippen molar-refractivity contribution in [3.8, 4) is 11.3 Å². The molecule has 0 aliphatic rings. The Balaban J connectivity index is 1.82. The van der Waals surface area contributed by atoms with Gasteiger partial charge in [0.15, 0.2) is 5.69 Å². The van der Waals surface area contributed by atoms with Gasteiger partial charge in [0.25, 0.3) is 0 Å². The highest BCUT2D eigenvalue weighted by molar-refractivity contribution is 5.63. The molecule has 0 aliphatic carbocycles. The van der Waals surface area contributed by atoms with Crippen LogP contribution < -0.4 is 10.6 Å². The van der Waals surface area contributed by atoms with Crippen LogP contribution in [-0.2, 0) is 11.6 Å². The average molecular weight is 442 g/mol. The number of nitrogens with zero attached hydrogens (tertiary/aromatic N) is 4. The van der Waals surface area contributed by atoms with Gasteiger partial charge < -0.3 is 15.7 Å². The van der Waals surface area contributed by atoms with Crippen LogP contribution in [0.4, 0.5) is 24.8 Å². The fourth-order valence-electron chi connectivity index (χ4n) is 2.92. The molecule has 3 aromatic rings. The topological polar surface area (TPSA) is 95.9 Å². The van der Waals surface area contributed by atoms with E-state index in [9.17, 15) is 13.2 Å². The van der Waals surface area contributed by atoms with Crippen LogP contribution in [0.5, 0.6) is 0 Å². The molecule has 0 radical (unpaired) electrons. The number of rotatable bonds is 7. The van der Waals surface area contributed by atoms with Crippen LogP contribution in [0, 0.1) is 0 Å². The molecular formula is C22H21F3N6O. The number of nitrogens with one attached hydrogen (secondary N) is 2. The first-order valence-electron chi connectivity index (χ1n) is 9.50. The lowest BCUT2D eigenvalue weighted by Gasteiger charge is -2.27. The number of halogens is 3. The summed E-state index contributed by atoms with van der Waals surface area (Å²) in [5, 5.41) is 14.9. The van der Waals surface area contributed by atoms with Gasteiger partial charge in [0.1, 0.15) is 6.73 Å². The molecule has 1 aromatic carbocycles. The summed E-state index contributed by atoms with van der Waals surface area (Å²) in [6.45, 7) is 7.30. The maximum Gasteiger partial charge on any atom is 0.434 e. The lowest BCUT2D eigenvalue weighted by atomic mass is 9.85. The molecule has 0 unspecified atom stereocenters. The van der Waals surface area contributed by atoms with Gasteiger partial charge in [0.05, 0.1) is 34.9 Å². The SMILES string of the molecule is C=C=C(Nc1ccc(-c2cncc(C(F)(F)F)n2)cc1)C(C)(C)c1ccnc(NCO)n1. The molecule has 2 heterocycles. The first-order valence-corrected chi connectivity index (χ1v) is 9.50. The standard InChI is InChI=1S/C22H21F3N6O/c1-4-17(21(2,3)18-9-10-27-20(31-18)28-13-32)29-15-7-5-14(6-8-15)16-11-26-12-19(30-16)22(23,24)25/h5-12,29,32H,1,13H2,2-3H3,(H,27,28,31). The Morgan fingerprint density at radius 1 is 1.06 bits per heavy atom. The molecule has 2 aromatic heterocycles. The number of anilines is 2. The second kappa shape index (κ2) is 9.17. The predicted molar refractivity (Wildman–Crippen MR) is 115 cm³/mol. The van der Waals surface area contributed by atoms with Gasteiger partial charge in [0.2, 0.25) is 5.95 Å². The zero-order valence-corrected chi connectivity index (χ0v) is 17.4. The molecule has 32 heavy (non-hydrogen) atoms. The molecule has 166 valence electrons. The number of allylic oxidation sites excluding steroid dienone is 1. The Morgan fingerprint density at radius 2 is 1.78 bits per heavy atom. The number of aromatic nitrogens is 4. The molecular weight excluding hydrogens is 421 g/mol. The summed E-state index contributed by atoms with van der Waals surface area (Å²) < 4.78 is 38.7. The van der Waals surface area contributed by atoms with Crippen LogP contribution in [0.15, 0.2) is 66.9 Å². The van der Waals surface area contributed by atoms with Crippen LogP contribution in [-0.4, -0.2) is 31.8 Å². The van der Waals surface area contributed by atoms with E-state index in [2.05, 4.69) is 42.9 Å². The molecule has 0 amide bonds. The van der Waals surface area contributed by atoms with Gasteiger partial charge in [-0.25, -0.2) is 15.0 Å². The van der Waals surface area contributed by atoms with E-state index >= 15 is 0 Å². The number of benzene rings is 1. The van der Waals surface area contributed by atoms with Crippen LogP contribution in [0.2, 0.25) is 0 Å². The maximum absolute atomic E-state index is 12.9. The highest BCUT2D eigenvalue weighted by Gasteiger charge is 2.33. The van der Waals surface area contributed by atoms with Crippen molar-refractivity contribution in [2.45, 2.75) is 25.4 Å². The summed E-state index contributed by atoms with van der Waals surface area (Å²) in [5.41, 5.74) is 3.79. The first-order chi connectivity index (χ1) is 15.1. The van der Waals surface area contributed by atoms with Crippen LogP contribution >= 0.6 is 0 Å². The lowest BCUT2D eigenvalue weighted by molar-refractivity contribution is -0.141. The Bertz CT molecular complexity index is 1140. The van der Waals surface area contributed by atoms with E-state index in [1.807, 2.05) is 13.8 Å². The number of alkyl halides is 3. The summed E-state index contributed by atoms with van der Waals surface area (Å²) in [4.78, 5) is 15.7. The largest absolute Gasteiger partial charge is 0.434 e. The smallest absolute Gasteiger partial charge is 0.376 e. The van der Waals surface area contributed by atoms with Crippen molar-refractivity contribution in [2.24, 2.45) is 0 Å². The Labute approximate surface area is 182 Å². The molecule has 0 saturated carbocycles. The van der Waals surface area contributed by atoms with E-state index in [4.69, 9.17) is 5.11 Å². The summed E-state index contributed by atoms with van der Waals surface area (Å²) in [6.07, 6.45) is -1.01. The zero-order chi connectivity index (χ0) is 23.4. The summed E-state index contributed by atoms with van der Waals surface area (Å²) in [6, 6.07) is 8.46. The Hall–Kier alpha value is -3.75. The Morgan fingerprint density at radius 3 is 2.41 bits per heavy atom. The quantitative estimate of drug-likeness (QED) is 0.369. The number of hydrogen-bond donors (Lipinski definition) is 3.